The van der Waals surface area contributed by atoms with Gasteiger partial charge < -0.3 is 14.5 Å². The van der Waals surface area contributed by atoms with Crippen molar-refractivity contribution in [3.05, 3.63) is 41.5 Å². The van der Waals surface area contributed by atoms with Gasteiger partial charge >= 0.3 is 0 Å². The normalized spacial score (nSPS) is 18.0. The Morgan fingerprint density at radius 3 is 2.67 bits per heavy atom. The van der Waals surface area contributed by atoms with Gasteiger partial charge in [0.2, 0.25) is 5.91 Å². The van der Waals surface area contributed by atoms with Gasteiger partial charge in [0, 0.05) is 30.6 Å². The van der Waals surface area contributed by atoms with Gasteiger partial charge in [0.1, 0.15) is 23.0 Å². The van der Waals surface area contributed by atoms with Crippen molar-refractivity contribution < 1.29 is 9.53 Å². The summed E-state index contributed by atoms with van der Waals surface area (Å²) in [4.78, 5) is 29.6. The third kappa shape index (κ3) is 3.66. The molecule has 30 heavy (non-hydrogen) atoms. The minimum Gasteiger partial charge on any atom is -0.379 e. The zero-order valence-electron chi connectivity index (χ0n) is 17.1. The number of rotatable bonds is 5. The third-order valence-corrected chi connectivity index (χ3v) is 6.59. The summed E-state index contributed by atoms with van der Waals surface area (Å²) in [6.07, 6.45) is 0. The summed E-state index contributed by atoms with van der Waals surface area (Å²) in [6, 6.07) is 10.3. The largest absolute Gasteiger partial charge is 0.379 e. The van der Waals surface area contributed by atoms with Crippen molar-refractivity contribution in [3.8, 4) is 11.1 Å². The molecule has 4 heterocycles. The summed E-state index contributed by atoms with van der Waals surface area (Å²) < 4.78 is 5.47. The number of fused-ring (bicyclic) bond motifs is 1. The summed E-state index contributed by atoms with van der Waals surface area (Å²) in [5.41, 5.74) is 2.28. The Morgan fingerprint density at radius 1 is 1.13 bits per heavy atom. The van der Waals surface area contributed by atoms with Crippen LogP contribution in [0.2, 0.25) is 0 Å². The van der Waals surface area contributed by atoms with Crippen molar-refractivity contribution in [3.63, 3.8) is 0 Å². The van der Waals surface area contributed by atoms with Gasteiger partial charge in [-0.1, -0.05) is 30.3 Å². The van der Waals surface area contributed by atoms with E-state index in [0.717, 1.165) is 59.3 Å². The Hall–Kier alpha value is -2.55. The van der Waals surface area contributed by atoms with Crippen LogP contribution in [0.1, 0.15) is 12.7 Å². The molecule has 2 aliphatic heterocycles. The van der Waals surface area contributed by atoms with Crippen LogP contribution in [0.3, 0.4) is 0 Å². The number of anilines is 1. The van der Waals surface area contributed by atoms with Crippen LogP contribution in [-0.2, 0) is 16.1 Å². The summed E-state index contributed by atoms with van der Waals surface area (Å²) >= 11 is 1.65. The van der Waals surface area contributed by atoms with Crippen molar-refractivity contribution in [2.24, 2.45) is 0 Å². The summed E-state index contributed by atoms with van der Waals surface area (Å²) in [7, 11) is 0. The molecule has 2 aromatic heterocycles. The van der Waals surface area contributed by atoms with E-state index < -0.39 is 0 Å². The van der Waals surface area contributed by atoms with Crippen molar-refractivity contribution >= 4 is 33.3 Å². The molecule has 8 heteroatoms. The van der Waals surface area contributed by atoms with Crippen molar-refractivity contribution in [2.75, 3.05) is 51.0 Å². The van der Waals surface area contributed by atoms with Gasteiger partial charge in [0.25, 0.3) is 0 Å². The maximum atomic E-state index is 12.4. The van der Waals surface area contributed by atoms with Crippen LogP contribution >= 0.6 is 11.3 Å². The van der Waals surface area contributed by atoms with Crippen LogP contribution in [0, 0.1) is 0 Å². The molecule has 2 aliphatic rings. The number of morpholine rings is 1. The van der Waals surface area contributed by atoms with E-state index in [-0.39, 0.29) is 5.91 Å². The average molecular weight is 424 g/mol. The van der Waals surface area contributed by atoms with Crippen LogP contribution in [0.15, 0.2) is 35.7 Å². The molecule has 0 bridgehead atoms. The lowest BCUT2D eigenvalue weighted by molar-refractivity contribution is -0.126. The van der Waals surface area contributed by atoms with Gasteiger partial charge in [-0.3, -0.25) is 9.69 Å². The lowest BCUT2D eigenvalue weighted by Crippen LogP contribution is -2.36. The number of aromatic nitrogens is 2. The van der Waals surface area contributed by atoms with Crippen LogP contribution < -0.4 is 4.90 Å². The average Bonchev–Trinajstić information content (AvgIpc) is 3.38. The minimum atomic E-state index is 0.149. The number of hydrogen-bond donors (Lipinski definition) is 0. The van der Waals surface area contributed by atoms with E-state index in [4.69, 9.17) is 14.7 Å². The number of hydrogen-bond acceptors (Lipinski definition) is 7. The van der Waals surface area contributed by atoms with Gasteiger partial charge in [-0.15, -0.1) is 11.3 Å². The van der Waals surface area contributed by atoms with Crippen molar-refractivity contribution in [1.82, 2.24) is 19.8 Å². The lowest BCUT2D eigenvalue weighted by atomic mass is 10.1. The first kappa shape index (κ1) is 19.4. The number of carbonyl (C=O) groups is 1. The highest BCUT2D eigenvalue weighted by Crippen LogP contribution is 2.39. The molecule has 0 N–H and O–H groups in total. The first-order valence-electron chi connectivity index (χ1n) is 10.4. The second kappa shape index (κ2) is 8.29. The minimum absolute atomic E-state index is 0.149. The maximum Gasteiger partial charge on any atom is 0.243 e. The smallest absolute Gasteiger partial charge is 0.243 e. The molecule has 0 atom stereocenters. The number of likely N-dealkylation sites (N-methyl/N-ethyl adjacent to an activating group) is 1. The summed E-state index contributed by atoms with van der Waals surface area (Å²) in [6.45, 7) is 7.63. The van der Waals surface area contributed by atoms with Crippen LogP contribution in [-0.4, -0.2) is 71.7 Å². The third-order valence-electron chi connectivity index (χ3n) is 5.72. The number of ether oxygens (including phenoxy) is 1. The van der Waals surface area contributed by atoms with E-state index in [1.165, 1.54) is 0 Å². The zero-order chi connectivity index (χ0) is 20.5. The highest BCUT2D eigenvalue weighted by atomic mass is 32.1. The Labute approximate surface area is 179 Å². The monoisotopic (exact) mass is 423 g/mol. The molecule has 156 valence electrons. The summed E-state index contributed by atoms with van der Waals surface area (Å²) in [5.74, 6) is 1.83. The maximum absolute atomic E-state index is 12.4. The fourth-order valence-corrected chi connectivity index (χ4v) is 5.03. The second-order valence-electron chi connectivity index (χ2n) is 7.64. The quantitative estimate of drug-likeness (QED) is 0.629. The Bertz CT molecular complexity index is 1050. The summed E-state index contributed by atoms with van der Waals surface area (Å²) in [5, 5.41) is 3.20. The first-order valence-corrected chi connectivity index (χ1v) is 11.3. The van der Waals surface area contributed by atoms with E-state index in [0.29, 0.717) is 26.3 Å². The molecule has 3 aromatic rings. The van der Waals surface area contributed by atoms with Gasteiger partial charge in [-0.05, 0) is 12.5 Å². The second-order valence-corrected chi connectivity index (χ2v) is 8.49. The molecular formula is C22H25N5O2S. The number of amides is 1. The number of carbonyl (C=O) groups excluding carboxylic acids is 1. The molecular weight excluding hydrogens is 398 g/mol. The molecule has 0 saturated carbocycles. The van der Waals surface area contributed by atoms with E-state index in [2.05, 4.69) is 27.3 Å². The van der Waals surface area contributed by atoms with Crippen LogP contribution in [0.5, 0.6) is 0 Å². The predicted octanol–water partition coefficient (Wildman–Crippen LogP) is 2.82. The van der Waals surface area contributed by atoms with E-state index in [9.17, 15) is 4.79 Å². The Morgan fingerprint density at radius 2 is 1.93 bits per heavy atom. The van der Waals surface area contributed by atoms with E-state index in [1.54, 1.807) is 11.3 Å². The fourth-order valence-electron chi connectivity index (χ4n) is 4.07. The highest BCUT2D eigenvalue weighted by Gasteiger charge is 2.30. The van der Waals surface area contributed by atoms with Crippen LogP contribution in [0.25, 0.3) is 21.3 Å². The van der Waals surface area contributed by atoms with E-state index in [1.807, 2.05) is 30.0 Å². The SMILES string of the molecule is CCN1CN(c2nc(CN3CCOCC3)nc3scc(-c4ccccc4)c23)CC1=O. The van der Waals surface area contributed by atoms with Gasteiger partial charge in [-0.2, -0.15) is 0 Å². The molecule has 0 aliphatic carbocycles. The van der Waals surface area contributed by atoms with Gasteiger partial charge in [-0.25, -0.2) is 9.97 Å². The molecule has 0 radical (unpaired) electrons. The molecule has 5 rings (SSSR count). The van der Waals surface area contributed by atoms with Gasteiger partial charge in [0.15, 0.2) is 0 Å². The molecule has 2 fully saturated rings. The predicted molar refractivity (Wildman–Crippen MR) is 119 cm³/mol. The fraction of sp³-hybridized carbons (Fsp3) is 0.409. The highest BCUT2D eigenvalue weighted by molar-refractivity contribution is 7.17. The van der Waals surface area contributed by atoms with Crippen LogP contribution in [0.4, 0.5) is 5.82 Å². The number of benzene rings is 1. The molecule has 7 nitrogen and oxygen atoms in total. The molecule has 0 spiro atoms. The Balaban J connectivity index is 1.59. The number of nitrogens with zero attached hydrogens (tertiary/aromatic N) is 5. The lowest BCUT2D eigenvalue weighted by Gasteiger charge is -2.26. The molecule has 1 aromatic carbocycles. The van der Waals surface area contributed by atoms with E-state index >= 15 is 0 Å². The molecule has 1 amide bonds. The molecule has 0 unspecified atom stereocenters. The topological polar surface area (TPSA) is 61.8 Å². The number of thiophene rings is 1. The Kier molecular flexibility index (Phi) is 5.37. The van der Waals surface area contributed by atoms with Crippen molar-refractivity contribution in [1.29, 1.82) is 0 Å². The standard InChI is InChI=1S/C22H25N5O2S/c1-2-26-15-27(13-19(26)28)21-20-17(16-6-4-3-5-7-16)14-30-22(20)24-18(23-21)12-25-8-10-29-11-9-25/h3-7,14H,2,8-13,15H2,1H3. The molecule has 2 saturated heterocycles. The first-order chi connectivity index (χ1) is 14.7. The zero-order valence-corrected chi connectivity index (χ0v) is 17.9. The van der Waals surface area contributed by atoms with Gasteiger partial charge in [0.05, 0.1) is 31.8 Å². The van der Waals surface area contributed by atoms with Crippen molar-refractivity contribution in [2.45, 2.75) is 13.5 Å².